The van der Waals surface area contributed by atoms with E-state index in [1.807, 2.05) is 4.90 Å². The van der Waals surface area contributed by atoms with Gasteiger partial charge in [0.15, 0.2) is 0 Å². The molecule has 3 rings (SSSR count). The van der Waals surface area contributed by atoms with Gasteiger partial charge in [-0.3, -0.25) is 9.59 Å². The van der Waals surface area contributed by atoms with E-state index >= 15 is 0 Å². The van der Waals surface area contributed by atoms with Crippen molar-refractivity contribution in [3.8, 4) is 6.07 Å². The molecule has 1 N–H and O–H groups in total. The van der Waals surface area contributed by atoms with Gasteiger partial charge in [0.1, 0.15) is 6.07 Å². The Morgan fingerprint density at radius 3 is 2.39 bits per heavy atom. The molecule has 0 atom stereocenters. The van der Waals surface area contributed by atoms with Crippen LogP contribution in [0.2, 0.25) is 0 Å². The molecule has 2 amide bonds. The molecule has 2 aliphatic rings. The second-order valence-corrected chi connectivity index (χ2v) is 6.37. The van der Waals surface area contributed by atoms with Crippen LogP contribution in [-0.4, -0.2) is 29.8 Å². The minimum Gasteiger partial charge on any atom is -0.342 e. The molecule has 5 nitrogen and oxygen atoms in total. The molecule has 1 heterocycles. The lowest BCUT2D eigenvalue weighted by atomic mass is 9.83. The van der Waals surface area contributed by atoms with Crippen molar-refractivity contribution in [3.63, 3.8) is 0 Å². The van der Waals surface area contributed by atoms with E-state index in [1.165, 1.54) is 0 Å². The van der Waals surface area contributed by atoms with E-state index in [9.17, 15) is 9.59 Å². The number of carbonyl (C=O) groups excluding carboxylic acids is 2. The number of hydrogen-bond donors (Lipinski definition) is 1. The second kappa shape index (κ2) is 6.82. The molecule has 0 spiro atoms. The SMILES string of the molecule is N#Cc1ccccc1NC(=O)C1CCN(C(=O)C2CCC2)CC1. The minimum atomic E-state index is -0.0906. The zero-order valence-electron chi connectivity index (χ0n) is 13.1. The van der Waals surface area contributed by atoms with Gasteiger partial charge >= 0.3 is 0 Å². The van der Waals surface area contributed by atoms with Crippen LogP contribution in [0.15, 0.2) is 24.3 Å². The molecule has 23 heavy (non-hydrogen) atoms. The maximum Gasteiger partial charge on any atom is 0.227 e. The highest BCUT2D eigenvalue weighted by molar-refractivity contribution is 5.94. The molecule has 1 saturated carbocycles. The van der Waals surface area contributed by atoms with Gasteiger partial charge in [-0.15, -0.1) is 0 Å². The molecule has 5 heteroatoms. The third kappa shape index (κ3) is 3.37. The molecule has 1 aromatic rings. The molecular formula is C18H21N3O2. The van der Waals surface area contributed by atoms with Crippen LogP contribution in [0.4, 0.5) is 5.69 Å². The van der Waals surface area contributed by atoms with Crippen LogP contribution in [0, 0.1) is 23.2 Å². The largest absolute Gasteiger partial charge is 0.342 e. The molecule has 0 radical (unpaired) electrons. The number of nitriles is 1. The predicted octanol–water partition coefficient (Wildman–Crippen LogP) is 2.54. The molecule has 1 aliphatic heterocycles. The zero-order chi connectivity index (χ0) is 16.2. The van der Waals surface area contributed by atoms with Crippen molar-refractivity contribution in [2.24, 2.45) is 11.8 Å². The zero-order valence-corrected chi connectivity index (χ0v) is 13.1. The summed E-state index contributed by atoms with van der Waals surface area (Å²) in [4.78, 5) is 26.5. The van der Waals surface area contributed by atoms with Crippen LogP contribution < -0.4 is 5.32 Å². The van der Waals surface area contributed by atoms with E-state index < -0.39 is 0 Å². The lowest BCUT2D eigenvalue weighted by Crippen LogP contribution is -2.45. The first-order valence-electron chi connectivity index (χ1n) is 8.28. The van der Waals surface area contributed by atoms with Gasteiger partial charge in [-0.05, 0) is 37.8 Å². The number of benzene rings is 1. The van der Waals surface area contributed by atoms with Gasteiger partial charge in [0.2, 0.25) is 11.8 Å². The van der Waals surface area contributed by atoms with Crippen LogP contribution in [-0.2, 0) is 9.59 Å². The summed E-state index contributed by atoms with van der Waals surface area (Å²) in [5.74, 6) is 0.350. The maximum absolute atomic E-state index is 12.4. The van der Waals surface area contributed by atoms with Crippen molar-refractivity contribution in [2.75, 3.05) is 18.4 Å². The highest BCUT2D eigenvalue weighted by Gasteiger charge is 2.33. The van der Waals surface area contributed by atoms with E-state index in [0.717, 1.165) is 19.3 Å². The topological polar surface area (TPSA) is 73.2 Å². The van der Waals surface area contributed by atoms with Crippen molar-refractivity contribution in [1.29, 1.82) is 5.26 Å². The second-order valence-electron chi connectivity index (χ2n) is 6.37. The summed E-state index contributed by atoms with van der Waals surface area (Å²) >= 11 is 0. The van der Waals surface area contributed by atoms with Crippen LogP contribution in [0.5, 0.6) is 0 Å². The van der Waals surface area contributed by atoms with Crippen molar-refractivity contribution in [3.05, 3.63) is 29.8 Å². The number of nitrogens with one attached hydrogen (secondary N) is 1. The number of anilines is 1. The number of likely N-dealkylation sites (tertiary alicyclic amines) is 1. The molecule has 0 bridgehead atoms. The molecule has 1 aromatic carbocycles. The molecule has 0 aromatic heterocycles. The van der Waals surface area contributed by atoms with Gasteiger partial charge in [-0.2, -0.15) is 5.26 Å². The number of para-hydroxylation sites is 1. The van der Waals surface area contributed by atoms with Gasteiger partial charge in [0, 0.05) is 24.9 Å². The summed E-state index contributed by atoms with van der Waals surface area (Å²) in [6.07, 6.45) is 4.58. The molecule has 2 fully saturated rings. The molecule has 120 valence electrons. The minimum absolute atomic E-state index is 0.0524. The highest BCUT2D eigenvalue weighted by Crippen LogP contribution is 2.30. The fourth-order valence-corrected chi connectivity index (χ4v) is 3.20. The van der Waals surface area contributed by atoms with Gasteiger partial charge in [-0.1, -0.05) is 18.6 Å². The van der Waals surface area contributed by atoms with Crippen LogP contribution in [0.3, 0.4) is 0 Å². The number of rotatable bonds is 3. The Hall–Kier alpha value is -2.35. The van der Waals surface area contributed by atoms with E-state index in [0.29, 0.717) is 37.2 Å². The third-order valence-electron chi connectivity index (χ3n) is 4.94. The van der Waals surface area contributed by atoms with Crippen LogP contribution in [0.1, 0.15) is 37.7 Å². The number of carbonyl (C=O) groups is 2. The summed E-state index contributed by atoms with van der Waals surface area (Å²) < 4.78 is 0. The van der Waals surface area contributed by atoms with Crippen LogP contribution >= 0.6 is 0 Å². The Labute approximate surface area is 136 Å². The average molecular weight is 311 g/mol. The summed E-state index contributed by atoms with van der Waals surface area (Å²) in [6, 6.07) is 9.09. The number of nitrogens with zero attached hydrogens (tertiary/aromatic N) is 2. The Morgan fingerprint density at radius 2 is 1.78 bits per heavy atom. The van der Waals surface area contributed by atoms with Crippen LogP contribution in [0.25, 0.3) is 0 Å². The maximum atomic E-state index is 12.4. The molecule has 0 unspecified atom stereocenters. The van der Waals surface area contributed by atoms with Crippen molar-refractivity contribution in [2.45, 2.75) is 32.1 Å². The van der Waals surface area contributed by atoms with Gasteiger partial charge in [-0.25, -0.2) is 0 Å². The first-order chi connectivity index (χ1) is 11.2. The molecule has 1 saturated heterocycles. The quantitative estimate of drug-likeness (QED) is 0.932. The number of hydrogen-bond acceptors (Lipinski definition) is 3. The van der Waals surface area contributed by atoms with E-state index in [-0.39, 0.29) is 23.7 Å². The highest BCUT2D eigenvalue weighted by atomic mass is 16.2. The number of amides is 2. The van der Waals surface area contributed by atoms with Crippen molar-refractivity contribution >= 4 is 17.5 Å². The van der Waals surface area contributed by atoms with Gasteiger partial charge in [0.25, 0.3) is 0 Å². The smallest absolute Gasteiger partial charge is 0.227 e. The third-order valence-corrected chi connectivity index (χ3v) is 4.94. The standard InChI is InChI=1S/C18H21N3O2/c19-12-15-4-1-2-7-16(15)20-17(22)13-8-10-21(11-9-13)18(23)14-5-3-6-14/h1-2,4,7,13-14H,3,5-6,8-11H2,(H,20,22). The summed E-state index contributed by atoms with van der Waals surface area (Å²) in [5, 5.41) is 11.9. The summed E-state index contributed by atoms with van der Waals surface area (Å²) in [5.41, 5.74) is 1.03. The van der Waals surface area contributed by atoms with Crippen molar-refractivity contribution in [1.82, 2.24) is 4.90 Å². The normalized spacial score (nSPS) is 18.8. The average Bonchev–Trinajstić information content (AvgIpc) is 2.54. The van der Waals surface area contributed by atoms with E-state index in [1.54, 1.807) is 24.3 Å². The van der Waals surface area contributed by atoms with Gasteiger partial charge < -0.3 is 10.2 Å². The summed E-state index contributed by atoms with van der Waals surface area (Å²) in [6.45, 7) is 1.32. The number of piperidine rings is 1. The summed E-state index contributed by atoms with van der Waals surface area (Å²) in [7, 11) is 0. The van der Waals surface area contributed by atoms with E-state index in [4.69, 9.17) is 5.26 Å². The Balaban J connectivity index is 1.54. The first kappa shape index (κ1) is 15.5. The lowest BCUT2D eigenvalue weighted by molar-refractivity contribution is -0.140. The molecular weight excluding hydrogens is 290 g/mol. The monoisotopic (exact) mass is 311 g/mol. The first-order valence-corrected chi connectivity index (χ1v) is 8.28. The Kier molecular flexibility index (Phi) is 4.61. The fraction of sp³-hybridized carbons (Fsp3) is 0.500. The van der Waals surface area contributed by atoms with Gasteiger partial charge in [0.05, 0.1) is 11.3 Å². The predicted molar refractivity (Wildman–Crippen MR) is 86.4 cm³/mol. The lowest BCUT2D eigenvalue weighted by Gasteiger charge is -2.36. The Bertz CT molecular complexity index is 638. The Morgan fingerprint density at radius 1 is 1.09 bits per heavy atom. The molecule has 1 aliphatic carbocycles. The van der Waals surface area contributed by atoms with E-state index in [2.05, 4.69) is 11.4 Å². The fourth-order valence-electron chi connectivity index (χ4n) is 3.20. The van der Waals surface area contributed by atoms with Crippen molar-refractivity contribution < 1.29 is 9.59 Å².